The molecule has 1 heterocycles. The lowest BCUT2D eigenvalue weighted by atomic mass is 9.84. The Labute approximate surface area is 137 Å². The van der Waals surface area contributed by atoms with Gasteiger partial charge < -0.3 is 14.8 Å². The maximum absolute atomic E-state index is 12.4. The minimum Gasteiger partial charge on any atom is -0.486 e. The number of hydrogen-bond donors (Lipinski definition) is 1. The van der Waals surface area contributed by atoms with Crippen LogP contribution >= 0.6 is 0 Å². The maximum atomic E-state index is 12.4. The first-order valence-corrected chi connectivity index (χ1v) is 8.81. The third-order valence-corrected chi connectivity index (χ3v) is 5.58. The van der Waals surface area contributed by atoms with Gasteiger partial charge in [0, 0.05) is 12.0 Å². The number of aryl methyl sites for hydroxylation is 1. The Hall–Kier alpha value is -1.71. The average molecular weight is 315 g/mol. The fourth-order valence-corrected chi connectivity index (χ4v) is 4.19. The van der Waals surface area contributed by atoms with Crippen molar-refractivity contribution in [1.82, 2.24) is 5.32 Å². The summed E-state index contributed by atoms with van der Waals surface area (Å²) < 4.78 is 11.1. The topological polar surface area (TPSA) is 47.6 Å². The number of hydrogen-bond acceptors (Lipinski definition) is 3. The highest BCUT2D eigenvalue weighted by Crippen LogP contribution is 2.59. The normalized spacial score (nSPS) is 30.7. The zero-order valence-corrected chi connectivity index (χ0v) is 13.8. The van der Waals surface area contributed by atoms with Gasteiger partial charge in [0.05, 0.1) is 0 Å². The molecule has 4 rings (SSSR count). The molecule has 1 amide bonds. The largest absolute Gasteiger partial charge is 0.486 e. The molecule has 2 atom stereocenters. The van der Waals surface area contributed by atoms with Gasteiger partial charge >= 0.3 is 0 Å². The predicted octanol–water partition coefficient (Wildman–Crippen LogP) is 2.94. The quantitative estimate of drug-likeness (QED) is 0.850. The number of carbonyl (C=O) groups is 1. The monoisotopic (exact) mass is 315 g/mol. The maximum Gasteiger partial charge on any atom is 0.225 e. The third-order valence-electron chi connectivity index (χ3n) is 5.58. The molecule has 0 bridgehead atoms. The van der Waals surface area contributed by atoms with Crippen molar-refractivity contribution in [3.8, 4) is 11.5 Å². The van der Waals surface area contributed by atoms with E-state index in [0.717, 1.165) is 55.6 Å². The number of benzene rings is 1. The highest BCUT2D eigenvalue weighted by molar-refractivity contribution is 5.82. The van der Waals surface area contributed by atoms with Gasteiger partial charge in [0.25, 0.3) is 0 Å². The lowest BCUT2D eigenvalue weighted by Crippen LogP contribution is -2.38. The fourth-order valence-electron chi connectivity index (χ4n) is 4.19. The molecule has 2 fully saturated rings. The Kier molecular flexibility index (Phi) is 3.70. The van der Waals surface area contributed by atoms with E-state index in [2.05, 4.69) is 24.4 Å². The third kappa shape index (κ3) is 3.04. The van der Waals surface area contributed by atoms with E-state index in [0.29, 0.717) is 13.2 Å². The second-order valence-corrected chi connectivity index (χ2v) is 7.56. The molecule has 1 N–H and O–H groups in total. The highest BCUT2D eigenvalue weighted by Gasteiger charge is 2.54. The van der Waals surface area contributed by atoms with Crippen LogP contribution in [0.2, 0.25) is 0 Å². The van der Waals surface area contributed by atoms with Crippen LogP contribution in [0.1, 0.15) is 38.2 Å². The van der Waals surface area contributed by atoms with Crippen LogP contribution in [0.4, 0.5) is 0 Å². The van der Waals surface area contributed by atoms with E-state index in [1.165, 1.54) is 12.0 Å². The van der Waals surface area contributed by atoms with Crippen molar-refractivity contribution in [3.05, 3.63) is 23.8 Å². The molecule has 0 saturated heterocycles. The zero-order valence-electron chi connectivity index (χ0n) is 13.8. The number of amides is 1. The van der Waals surface area contributed by atoms with Crippen LogP contribution in [-0.2, 0) is 11.2 Å². The minimum absolute atomic E-state index is 0.107. The molecule has 2 unspecified atom stereocenters. The summed E-state index contributed by atoms with van der Waals surface area (Å²) in [5, 5.41) is 3.14. The lowest BCUT2D eigenvalue weighted by Gasteiger charge is -2.24. The molecule has 2 saturated carbocycles. The number of carbonyl (C=O) groups excluding carboxylic acids is 1. The molecular weight excluding hydrogens is 290 g/mol. The summed E-state index contributed by atoms with van der Waals surface area (Å²) in [6.07, 6.45) is 5.43. The zero-order chi connectivity index (χ0) is 15.9. The van der Waals surface area contributed by atoms with Gasteiger partial charge in [0.2, 0.25) is 5.91 Å². The van der Waals surface area contributed by atoms with Gasteiger partial charge in [-0.25, -0.2) is 0 Å². The molecular formula is C19H25NO3. The van der Waals surface area contributed by atoms with Gasteiger partial charge in [-0.3, -0.25) is 4.79 Å². The van der Waals surface area contributed by atoms with Gasteiger partial charge in [0.1, 0.15) is 13.2 Å². The van der Waals surface area contributed by atoms with Crippen LogP contribution in [-0.4, -0.2) is 25.7 Å². The SMILES string of the molecule is CC1(C(=O)NCCCc2ccc3c(c2)OCCO3)CC2CC2C1. The van der Waals surface area contributed by atoms with E-state index >= 15 is 0 Å². The summed E-state index contributed by atoms with van der Waals surface area (Å²) >= 11 is 0. The number of rotatable bonds is 5. The molecule has 1 aromatic carbocycles. The Morgan fingerprint density at radius 1 is 1.22 bits per heavy atom. The first kappa shape index (κ1) is 14.9. The first-order valence-electron chi connectivity index (χ1n) is 8.81. The van der Waals surface area contributed by atoms with Crippen molar-refractivity contribution in [2.24, 2.45) is 17.3 Å². The first-order chi connectivity index (χ1) is 11.1. The highest BCUT2D eigenvalue weighted by atomic mass is 16.6. The van der Waals surface area contributed by atoms with E-state index in [9.17, 15) is 4.79 Å². The van der Waals surface area contributed by atoms with Crippen LogP contribution in [0.25, 0.3) is 0 Å². The van der Waals surface area contributed by atoms with Gasteiger partial charge in [-0.1, -0.05) is 13.0 Å². The molecule has 3 aliphatic rings. The minimum atomic E-state index is -0.107. The molecule has 124 valence electrons. The van der Waals surface area contributed by atoms with Crippen molar-refractivity contribution in [3.63, 3.8) is 0 Å². The average Bonchev–Trinajstić information content (AvgIpc) is 3.18. The molecule has 1 aliphatic heterocycles. The van der Waals surface area contributed by atoms with Gasteiger partial charge in [-0.2, -0.15) is 0 Å². The molecule has 2 aliphatic carbocycles. The van der Waals surface area contributed by atoms with E-state index < -0.39 is 0 Å². The molecule has 0 radical (unpaired) electrons. The molecule has 4 nitrogen and oxygen atoms in total. The smallest absolute Gasteiger partial charge is 0.225 e. The van der Waals surface area contributed by atoms with Gasteiger partial charge in [-0.15, -0.1) is 0 Å². The summed E-state index contributed by atoms with van der Waals surface area (Å²) in [6.45, 7) is 4.12. The molecule has 0 aromatic heterocycles. The predicted molar refractivity (Wildman–Crippen MR) is 87.7 cm³/mol. The Morgan fingerprint density at radius 2 is 1.96 bits per heavy atom. The van der Waals surface area contributed by atoms with Crippen molar-refractivity contribution in [2.75, 3.05) is 19.8 Å². The summed E-state index contributed by atoms with van der Waals surface area (Å²) in [5.74, 6) is 3.61. The van der Waals surface area contributed by atoms with Crippen molar-refractivity contribution in [2.45, 2.75) is 39.0 Å². The molecule has 1 aromatic rings. The van der Waals surface area contributed by atoms with Crippen LogP contribution in [0.3, 0.4) is 0 Å². The van der Waals surface area contributed by atoms with Gasteiger partial charge in [0.15, 0.2) is 11.5 Å². The number of ether oxygens (including phenoxy) is 2. The standard InChI is InChI=1S/C19H25NO3/c1-19(11-14-10-15(14)12-19)18(21)20-6-2-3-13-4-5-16-17(9-13)23-8-7-22-16/h4-5,9,14-15H,2-3,6-8,10-12H2,1H3,(H,20,21). The van der Waals surface area contributed by atoms with E-state index in [4.69, 9.17) is 9.47 Å². The second-order valence-electron chi connectivity index (χ2n) is 7.56. The van der Waals surface area contributed by atoms with E-state index in [1.54, 1.807) is 0 Å². The molecule has 0 spiro atoms. The van der Waals surface area contributed by atoms with Crippen molar-refractivity contribution < 1.29 is 14.3 Å². The van der Waals surface area contributed by atoms with E-state index in [1.807, 2.05) is 6.07 Å². The van der Waals surface area contributed by atoms with Crippen LogP contribution in [0.5, 0.6) is 11.5 Å². The fraction of sp³-hybridized carbons (Fsp3) is 0.632. The summed E-state index contributed by atoms with van der Waals surface area (Å²) in [6, 6.07) is 6.12. The summed E-state index contributed by atoms with van der Waals surface area (Å²) in [7, 11) is 0. The number of fused-ring (bicyclic) bond motifs is 2. The lowest BCUT2D eigenvalue weighted by molar-refractivity contribution is -0.130. The summed E-state index contributed by atoms with van der Waals surface area (Å²) in [4.78, 5) is 12.4. The Morgan fingerprint density at radius 3 is 2.74 bits per heavy atom. The second kappa shape index (κ2) is 5.73. The number of nitrogens with one attached hydrogen (secondary N) is 1. The van der Waals surface area contributed by atoms with Crippen molar-refractivity contribution >= 4 is 5.91 Å². The Balaban J connectivity index is 1.23. The van der Waals surface area contributed by atoms with Crippen LogP contribution in [0, 0.1) is 17.3 Å². The Bertz CT molecular complexity index is 603. The van der Waals surface area contributed by atoms with E-state index in [-0.39, 0.29) is 11.3 Å². The molecule has 4 heteroatoms. The van der Waals surface area contributed by atoms with Crippen LogP contribution in [0.15, 0.2) is 18.2 Å². The summed E-state index contributed by atoms with van der Waals surface area (Å²) in [5.41, 5.74) is 1.13. The molecule has 23 heavy (non-hydrogen) atoms. The van der Waals surface area contributed by atoms with Gasteiger partial charge in [-0.05, 0) is 61.6 Å². The van der Waals surface area contributed by atoms with Crippen molar-refractivity contribution in [1.29, 1.82) is 0 Å². The van der Waals surface area contributed by atoms with Crippen LogP contribution < -0.4 is 14.8 Å².